The summed E-state index contributed by atoms with van der Waals surface area (Å²) in [7, 11) is 0. The van der Waals surface area contributed by atoms with E-state index in [9.17, 15) is 9.59 Å². The van der Waals surface area contributed by atoms with Crippen molar-refractivity contribution >= 4 is 34.1 Å². The Labute approximate surface area is 143 Å². The second-order valence-electron chi connectivity index (χ2n) is 5.54. The van der Waals surface area contributed by atoms with Crippen LogP contribution >= 0.6 is 11.6 Å². The Morgan fingerprint density at radius 2 is 2.04 bits per heavy atom. The second-order valence-corrected chi connectivity index (χ2v) is 5.95. The van der Waals surface area contributed by atoms with E-state index < -0.39 is 0 Å². The van der Waals surface area contributed by atoms with Gasteiger partial charge < -0.3 is 10.3 Å². The molecule has 0 aliphatic heterocycles. The van der Waals surface area contributed by atoms with Gasteiger partial charge in [-0.2, -0.15) is 0 Å². The number of carbonyl (C=O) groups excluding carboxylic acids is 1. The second kappa shape index (κ2) is 6.84. The lowest BCUT2D eigenvalue weighted by molar-refractivity contribution is -0.116. The largest absolute Gasteiger partial charge is 0.326 e. The molecular formula is C18H16ClN3O2. The van der Waals surface area contributed by atoms with Gasteiger partial charge in [-0.1, -0.05) is 29.8 Å². The molecule has 5 nitrogen and oxygen atoms in total. The minimum Gasteiger partial charge on any atom is -0.326 e. The number of H-pyrrole nitrogens is 1. The van der Waals surface area contributed by atoms with E-state index in [1.54, 1.807) is 30.3 Å². The van der Waals surface area contributed by atoms with Crippen LogP contribution in [0.5, 0.6) is 0 Å². The van der Waals surface area contributed by atoms with Gasteiger partial charge in [-0.25, -0.2) is 4.98 Å². The van der Waals surface area contributed by atoms with Crippen molar-refractivity contribution in [3.05, 3.63) is 69.2 Å². The molecule has 122 valence electrons. The van der Waals surface area contributed by atoms with Gasteiger partial charge in [0.05, 0.1) is 10.9 Å². The van der Waals surface area contributed by atoms with E-state index in [1.807, 2.05) is 19.1 Å². The van der Waals surface area contributed by atoms with Crippen LogP contribution in [-0.4, -0.2) is 15.9 Å². The molecule has 0 bridgehead atoms. The van der Waals surface area contributed by atoms with Crippen molar-refractivity contribution in [3.63, 3.8) is 0 Å². The normalized spacial score (nSPS) is 10.8. The van der Waals surface area contributed by atoms with Crippen LogP contribution in [0.2, 0.25) is 5.02 Å². The topological polar surface area (TPSA) is 74.8 Å². The number of carbonyl (C=O) groups is 1. The van der Waals surface area contributed by atoms with Crippen LogP contribution < -0.4 is 10.9 Å². The van der Waals surface area contributed by atoms with Gasteiger partial charge in [-0.15, -0.1) is 0 Å². The van der Waals surface area contributed by atoms with Crippen LogP contribution in [0, 0.1) is 6.92 Å². The van der Waals surface area contributed by atoms with E-state index in [2.05, 4.69) is 15.3 Å². The van der Waals surface area contributed by atoms with Crippen molar-refractivity contribution in [1.29, 1.82) is 0 Å². The van der Waals surface area contributed by atoms with E-state index in [0.717, 1.165) is 5.56 Å². The highest BCUT2D eigenvalue weighted by Gasteiger charge is 2.08. The number of hydrogen-bond acceptors (Lipinski definition) is 3. The lowest BCUT2D eigenvalue weighted by Crippen LogP contribution is -2.16. The van der Waals surface area contributed by atoms with Crippen molar-refractivity contribution < 1.29 is 4.79 Å². The molecule has 0 saturated heterocycles. The number of hydrogen-bond donors (Lipinski definition) is 2. The predicted octanol–water partition coefficient (Wildman–Crippen LogP) is 3.46. The Morgan fingerprint density at radius 1 is 1.25 bits per heavy atom. The maximum Gasteiger partial charge on any atom is 0.258 e. The number of fused-ring (bicyclic) bond motifs is 1. The fourth-order valence-electron chi connectivity index (χ4n) is 2.38. The summed E-state index contributed by atoms with van der Waals surface area (Å²) < 4.78 is 0. The number of benzene rings is 2. The molecule has 1 heterocycles. The molecule has 2 aromatic carbocycles. The summed E-state index contributed by atoms with van der Waals surface area (Å²) in [6.45, 7) is 1.90. The van der Waals surface area contributed by atoms with Crippen molar-refractivity contribution in [1.82, 2.24) is 9.97 Å². The van der Waals surface area contributed by atoms with Crippen LogP contribution in [0.15, 0.2) is 47.3 Å². The molecule has 0 aliphatic carbocycles. The van der Waals surface area contributed by atoms with Gasteiger partial charge in [-0.05, 0) is 36.8 Å². The Morgan fingerprint density at radius 3 is 2.83 bits per heavy atom. The molecule has 0 saturated carbocycles. The van der Waals surface area contributed by atoms with Gasteiger partial charge in [-0.3, -0.25) is 9.59 Å². The van der Waals surface area contributed by atoms with E-state index in [0.29, 0.717) is 33.9 Å². The minimum absolute atomic E-state index is 0.161. The number of aromatic nitrogens is 2. The molecule has 3 rings (SSSR count). The van der Waals surface area contributed by atoms with Gasteiger partial charge >= 0.3 is 0 Å². The Balaban J connectivity index is 1.68. The van der Waals surface area contributed by atoms with E-state index in [-0.39, 0.29) is 17.9 Å². The molecule has 0 unspecified atom stereocenters. The maximum atomic E-state index is 12.1. The Kier molecular flexibility index (Phi) is 4.62. The summed E-state index contributed by atoms with van der Waals surface area (Å²) in [5.41, 5.74) is 2.03. The zero-order chi connectivity index (χ0) is 17.1. The summed E-state index contributed by atoms with van der Waals surface area (Å²) >= 11 is 6.04. The van der Waals surface area contributed by atoms with Crippen LogP contribution in [0.1, 0.15) is 17.8 Å². The number of nitrogens with one attached hydrogen (secondary N) is 2. The number of para-hydroxylation sites is 1. The number of rotatable bonds is 4. The molecular weight excluding hydrogens is 326 g/mol. The average molecular weight is 342 g/mol. The number of amides is 1. The lowest BCUT2D eigenvalue weighted by Gasteiger charge is -2.07. The van der Waals surface area contributed by atoms with Gasteiger partial charge in [0, 0.05) is 23.6 Å². The van der Waals surface area contributed by atoms with E-state index >= 15 is 0 Å². The summed E-state index contributed by atoms with van der Waals surface area (Å²) in [5, 5.41) is 3.94. The molecule has 0 fully saturated rings. The Bertz CT molecular complexity index is 966. The molecule has 24 heavy (non-hydrogen) atoms. The third kappa shape index (κ3) is 3.63. The quantitative estimate of drug-likeness (QED) is 0.763. The highest BCUT2D eigenvalue weighted by molar-refractivity contribution is 6.31. The molecule has 1 aromatic heterocycles. The van der Waals surface area contributed by atoms with E-state index in [1.165, 1.54) is 0 Å². The van der Waals surface area contributed by atoms with Crippen molar-refractivity contribution in [2.45, 2.75) is 19.8 Å². The maximum absolute atomic E-state index is 12.1. The molecule has 0 atom stereocenters. The lowest BCUT2D eigenvalue weighted by atomic mass is 10.2. The first-order valence-electron chi connectivity index (χ1n) is 7.57. The molecule has 0 aliphatic rings. The van der Waals surface area contributed by atoms with Crippen molar-refractivity contribution in [2.24, 2.45) is 0 Å². The van der Waals surface area contributed by atoms with Gasteiger partial charge in [0.2, 0.25) is 5.91 Å². The van der Waals surface area contributed by atoms with Crippen molar-refractivity contribution in [3.8, 4) is 0 Å². The molecule has 3 aromatic rings. The zero-order valence-electron chi connectivity index (χ0n) is 13.1. The highest BCUT2D eigenvalue weighted by atomic mass is 35.5. The molecule has 0 spiro atoms. The summed E-state index contributed by atoms with van der Waals surface area (Å²) in [6, 6.07) is 12.5. The van der Waals surface area contributed by atoms with Crippen molar-refractivity contribution in [2.75, 3.05) is 5.32 Å². The van der Waals surface area contributed by atoms with E-state index in [4.69, 9.17) is 11.6 Å². The number of halogens is 1. The van der Waals surface area contributed by atoms with Crippen LogP contribution in [0.25, 0.3) is 10.9 Å². The van der Waals surface area contributed by atoms with Crippen LogP contribution in [-0.2, 0) is 11.2 Å². The number of aryl methyl sites for hydroxylation is 2. The van der Waals surface area contributed by atoms with Crippen LogP contribution in [0.4, 0.5) is 5.69 Å². The molecule has 6 heteroatoms. The third-order valence-electron chi connectivity index (χ3n) is 3.71. The smallest absolute Gasteiger partial charge is 0.258 e. The monoisotopic (exact) mass is 341 g/mol. The van der Waals surface area contributed by atoms with Gasteiger partial charge in [0.15, 0.2) is 0 Å². The first kappa shape index (κ1) is 16.2. The molecule has 1 amide bonds. The standard InChI is InChI=1S/C18H16ClN3O2/c1-11-6-7-12(10-14(11)19)20-17(23)9-8-16-21-15-5-3-2-4-13(15)18(24)22-16/h2-7,10H,8-9H2,1H3,(H,20,23)(H,21,22,24). The SMILES string of the molecule is Cc1ccc(NC(=O)CCc2nc3ccccc3c(=O)[nH]2)cc1Cl. The minimum atomic E-state index is -0.193. The van der Waals surface area contributed by atoms with Crippen LogP contribution in [0.3, 0.4) is 0 Å². The predicted molar refractivity (Wildman–Crippen MR) is 95.5 cm³/mol. The number of nitrogens with zero attached hydrogens (tertiary/aromatic N) is 1. The fourth-order valence-corrected chi connectivity index (χ4v) is 2.56. The fraction of sp³-hybridized carbons (Fsp3) is 0.167. The number of aromatic amines is 1. The highest BCUT2D eigenvalue weighted by Crippen LogP contribution is 2.20. The Hall–Kier alpha value is -2.66. The first-order chi connectivity index (χ1) is 11.5. The van der Waals surface area contributed by atoms with Gasteiger partial charge in [0.1, 0.15) is 5.82 Å². The van der Waals surface area contributed by atoms with Gasteiger partial charge in [0.25, 0.3) is 5.56 Å². The first-order valence-corrected chi connectivity index (χ1v) is 7.94. The summed E-state index contributed by atoms with van der Waals surface area (Å²) in [4.78, 5) is 31.2. The zero-order valence-corrected chi connectivity index (χ0v) is 13.9. The third-order valence-corrected chi connectivity index (χ3v) is 4.11. The average Bonchev–Trinajstić information content (AvgIpc) is 2.56. The molecule has 0 radical (unpaired) electrons. The number of anilines is 1. The summed E-state index contributed by atoms with van der Waals surface area (Å²) in [5.74, 6) is 0.335. The molecule has 2 N–H and O–H groups in total. The summed E-state index contributed by atoms with van der Waals surface area (Å²) in [6.07, 6.45) is 0.568.